The van der Waals surface area contributed by atoms with Crippen molar-refractivity contribution in [2.75, 3.05) is 11.1 Å². The van der Waals surface area contributed by atoms with Crippen LogP contribution in [0, 0.1) is 0 Å². The molecule has 3 aromatic rings. The Morgan fingerprint density at radius 3 is 1.97 bits per heavy atom. The number of nitrogens with one attached hydrogen (secondary N) is 1. The van der Waals surface area contributed by atoms with Crippen LogP contribution in [0.5, 0.6) is 0 Å². The van der Waals surface area contributed by atoms with Gasteiger partial charge in [-0.2, -0.15) is 16.8 Å². The lowest BCUT2D eigenvalue weighted by molar-refractivity contribution is 0.0980. The fourth-order valence-electron chi connectivity index (χ4n) is 3.47. The van der Waals surface area contributed by atoms with Crippen molar-refractivity contribution in [3.05, 3.63) is 76.9 Å². The minimum absolute atomic E-state index is 0.101. The van der Waals surface area contributed by atoms with Gasteiger partial charge in [-0.25, -0.2) is 0 Å². The van der Waals surface area contributed by atoms with E-state index in [1.807, 2.05) is 0 Å². The minimum Gasteiger partial charge on any atom is -0.397 e. The fraction of sp³-hybridized carbons (Fsp3) is 0. The summed E-state index contributed by atoms with van der Waals surface area (Å²) in [7, 11) is -9.58. The van der Waals surface area contributed by atoms with Gasteiger partial charge in [-0.05, 0) is 36.4 Å². The van der Waals surface area contributed by atoms with E-state index in [-0.39, 0.29) is 22.4 Å². The highest BCUT2D eigenvalue weighted by Crippen LogP contribution is 2.40. The van der Waals surface area contributed by atoms with Crippen LogP contribution in [0.25, 0.3) is 0 Å². The summed E-state index contributed by atoms with van der Waals surface area (Å²) in [6, 6.07) is 12.1. The second-order valence-corrected chi connectivity index (χ2v) is 9.70. The van der Waals surface area contributed by atoms with Crippen LogP contribution in [-0.4, -0.2) is 37.5 Å². The monoisotopic (exact) mass is 474 g/mol. The number of anilines is 3. The molecule has 0 radical (unpaired) electrons. The first-order chi connectivity index (χ1) is 14.9. The van der Waals surface area contributed by atoms with Crippen molar-refractivity contribution >= 4 is 48.9 Å². The van der Waals surface area contributed by atoms with Crippen LogP contribution < -0.4 is 11.1 Å². The molecule has 0 heterocycles. The SMILES string of the molecule is Nc1c(S(=O)(=O)O)cc(Nc2ccccc2)c2c1C(=O)c1cc(S(=O)(=O)O)ccc1C2=O. The van der Waals surface area contributed by atoms with E-state index in [1.165, 1.54) is 0 Å². The maximum Gasteiger partial charge on any atom is 0.296 e. The average molecular weight is 474 g/mol. The molecule has 0 saturated carbocycles. The van der Waals surface area contributed by atoms with E-state index in [9.17, 15) is 35.5 Å². The summed E-state index contributed by atoms with van der Waals surface area (Å²) in [6.45, 7) is 0. The first-order valence-corrected chi connectivity index (χ1v) is 11.7. The number of hydrogen-bond donors (Lipinski definition) is 4. The molecular formula is C20H14N2O8S2. The first kappa shape index (κ1) is 21.6. The maximum atomic E-state index is 13.3. The van der Waals surface area contributed by atoms with Gasteiger partial charge in [-0.1, -0.05) is 18.2 Å². The van der Waals surface area contributed by atoms with Gasteiger partial charge in [0, 0.05) is 16.8 Å². The number of hydrogen-bond acceptors (Lipinski definition) is 8. The second kappa shape index (κ2) is 7.24. The van der Waals surface area contributed by atoms with Gasteiger partial charge in [0.05, 0.1) is 27.4 Å². The van der Waals surface area contributed by atoms with Crippen molar-refractivity contribution in [2.45, 2.75) is 9.79 Å². The number of rotatable bonds is 4. The molecule has 0 aromatic heterocycles. The summed E-state index contributed by atoms with van der Waals surface area (Å²) in [4.78, 5) is 25.1. The lowest BCUT2D eigenvalue weighted by Gasteiger charge is -2.24. The van der Waals surface area contributed by atoms with Crippen LogP contribution in [0.15, 0.2) is 64.4 Å². The molecule has 12 heteroatoms. The van der Waals surface area contributed by atoms with Crippen LogP contribution in [0.3, 0.4) is 0 Å². The summed E-state index contributed by atoms with van der Waals surface area (Å²) in [5.74, 6) is -1.68. The van der Waals surface area contributed by atoms with Gasteiger partial charge in [0.1, 0.15) is 4.90 Å². The summed E-state index contributed by atoms with van der Waals surface area (Å²) in [5, 5.41) is 2.85. The average Bonchev–Trinajstić information content (AvgIpc) is 2.71. The topological polar surface area (TPSA) is 181 Å². The molecule has 4 rings (SSSR count). The summed E-state index contributed by atoms with van der Waals surface area (Å²) >= 11 is 0. The molecule has 0 atom stereocenters. The largest absolute Gasteiger partial charge is 0.397 e. The lowest BCUT2D eigenvalue weighted by atomic mass is 9.82. The summed E-state index contributed by atoms with van der Waals surface area (Å²) in [5.41, 5.74) is 4.27. The standard InChI is InChI=1S/C20H14N2O8S2/c21-18-15(32(28,29)30)9-14(22-10-4-2-1-3-5-10)16-17(18)20(24)13-8-11(31(25,26)27)6-7-12(13)19(16)23/h1-9,22H,21H2,(H,25,26,27)(H,28,29,30). The molecule has 0 bridgehead atoms. The van der Waals surface area contributed by atoms with Gasteiger partial charge in [0.15, 0.2) is 11.6 Å². The van der Waals surface area contributed by atoms with E-state index in [1.54, 1.807) is 30.3 Å². The molecule has 3 aromatic carbocycles. The van der Waals surface area contributed by atoms with Crippen LogP contribution in [0.4, 0.5) is 17.1 Å². The van der Waals surface area contributed by atoms with Crippen LogP contribution in [0.2, 0.25) is 0 Å². The third-order valence-corrected chi connectivity index (χ3v) is 6.64. The smallest absolute Gasteiger partial charge is 0.296 e. The highest BCUT2D eigenvalue weighted by Gasteiger charge is 2.37. The molecule has 10 nitrogen and oxygen atoms in total. The van der Waals surface area contributed by atoms with E-state index in [2.05, 4.69) is 5.32 Å². The van der Waals surface area contributed by atoms with Gasteiger partial charge >= 0.3 is 0 Å². The van der Waals surface area contributed by atoms with E-state index in [0.29, 0.717) is 5.69 Å². The number of nitrogens with two attached hydrogens (primary N) is 1. The second-order valence-electron chi connectivity index (χ2n) is 6.89. The molecule has 0 amide bonds. The minimum atomic E-state index is -4.90. The van der Waals surface area contributed by atoms with Gasteiger partial charge in [-0.15, -0.1) is 0 Å². The predicted molar refractivity (Wildman–Crippen MR) is 114 cm³/mol. The Kier molecular flexibility index (Phi) is 4.90. The Balaban J connectivity index is 2.04. The Hall–Kier alpha value is -3.58. The summed E-state index contributed by atoms with van der Waals surface area (Å²) in [6.07, 6.45) is 0. The molecule has 164 valence electrons. The zero-order valence-electron chi connectivity index (χ0n) is 15.9. The van der Waals surface area contributed by atoms with E-state index >= 15 is 0 Å². The van der Waals surface area contributed by atoms with E-state index in [4.69, 9.17) is 5.73 Å². The molecule has 5 N–H and O–H groups in total. The Labute approximate surface area is 182 Å². The highest BCUT2D eigenvalue weighted by molar-refractivity contribution is 7.86. The van der Waals surface area contributed by atoms with Crippen molar-refractivity contribution < 1.29 is 35.5 Å². The van der Waals surface area contributed by atoms with Crippen molar-refractivity contribution in [3.63, 3.8) is 0 Å². The number of carbonyl (C=O) groups excluding carboxylic acids is 2. The molecule has 1 aliphatic carbocycles. The normalized spacial score (nSPS) is 13.4. The van der Waals surface area contributed by atoms with Crippen LogP contribution >= 0.6 is 0 Å². The highest BCUT2D eigenvalue weighted by atomic mass is 32.2. The summed E-state index contributed by atoms with van der Waals surface area (Å²) < 4.78 is 65.7. The van der Waals surface area contributed by atoms with E-state index in [0.717, 1.165) is 24.3 Å². The predicted octanol–water partition coefficient (Wildman–Crippen LogP) is 2.28. The zero-order chi connectivity index (χ0) is 23.4. The molecule has 1 aliphatic rings. The van der Waals surface area contributed by atoms with Crippen molar-refractivity contribution in [1.82, 2.24) is 0 Å². The fourth-order valence-corrected chi connectivity index (χ4v) is 4.63. The number of fused-ring (bicyclic) bond motifs is 2. The molecule has 0 fully saturated rings. The Bertz CT molecular complexity index is 1530. The van der Waals surface area contributed by atoms with Gasteiger partial charge in [-0.3, -0.25) is 18.7 Å². The lowest BCUT2D eigenvalue weighted by Crippen LogP contribution is -2.25. The van der Waals surface area contributed by atoms with Crippen molar-refractivity contribution in [2.24, 2.45) is 0 Å². The Morgan fingerprint density at radius 1 is 0.750 bits per heavy atom. The van der Waals surface area contributed by atoms with Crippen LogP contribution in [-0.2, 0) is 20.2 Å². The number of carbonyl (C=O) groups is 2. The van der Waals surface area contributed by atoms with Gasteiger partial charge in [0.25, 0.3) is 20.2 Å². The third kappa shape index (κ3) is 3.54. The molecule has 0 aliphatic heterocycles. The quantitative estimate of drug-likeness (QED) is 0.253. The third-order valence-electron chi connectivity index (χ3n) is 4.89. The van der Waals surface area contributed by atoms with Crippen molar-refractivity contribution in [1.29, 1.82) is 0 Å². The van der Waals surface area contributed by atoms with Gasteiger partial charge < -0.3 is 11.1 Å². The molecular weight excluding hydrogens is 460 g/mol. The number of para-hydroxylation sites is 1. The Morgan fingerprint density at radius 2 is 1.38 bits per heavy atom. The number of nitrogen functional groups attached to an aromatic ring is 1. The van der Waals surface area contributed by atoms with Gasteiger partial charge in [0.2, 0.25) is 0 Å². The van der Waals surface area contributed by atoms with E-state index < -0.39 is 52.8 Å². The number of ketones is 2. The maximum absolute atomic E-state index is 13.3. The molecule has 0 unspecified atom stereocenters. The zero-order valence-corrected chi connectivity index (χ0v) is 17.6. The molecule has 32 heavy (non-hydrogen) atoms. The van der Waals surface area contributed by atoms with Crippen LogP contribution in [0.1, 0.15) is 31.8 Å². The van der Waals surface area contributed by atoms with Crippen molar-refractivity contribution in [3.8, 4) is 0 Å². The first-order valence-electron chi connectivity index (χ1n) is 8.86. The molecule has 0 spiro atoms. The molecule has 0 saturated heterocycles. The number of benzene rings is 3.